The number of nitrogens with zero attached hydrogens (tertiary/aromatic N) is 2. The highest BCUT2D eigenvalue weighted by atomic mass is 32.2. The highest BCUT2D eigenvalue weighted by molar-refractivity contribution is 7.91. The highest BCUT2D eigenvalue weighted by Gasteiger charge is 2.29. The third-order valence-electron chi connectivity index (χ3n) is 3.16. The molecule has 0 saturated heterocycles. The van der Waals surface area contributed by atoms with Crippen molar-refractivity contribution in [3.8, 4) is 0 Å². The molecule has 0 aliphatic heterocycles. The summed E-state index contributed by atoms with van der Waals surface area (Å²) in [6.45, 7) is 7.03. The van der Waals surface area contributed by atoms with Crippen molar-refractivity contribution in [3.63, 3.8) is 0 Å². The van der Waals surface area contributed by atoms with Crippen LogP contribution in [0.4, 0.5) is 0 Å². The molecule has 19 heavy (non-hydrogen) atoms. The van der Waals surface area contributed by atoms with Crippen molar-refractivity contribution >= 4 is 9.84 Å². The van der Waals surface area contributed by atoms with Gasteiger partial charge in [0.25, 0.3) is 0 Å². The number of benzene rings is 1. The van der Waals surface area contributed by atoms with Gasteiger partial charge in [0, 0.05) is 0 Å². The number of sulfone groups is 1. The molecular weight excluding hydrogens is 264 g/mol. The summed E-state index contributed by atoms with van der Waals surface area (Å²) >= 11 is 0. The second kappa shape index (κ2) is 4.77. The first kappa shape index (κ1) is 13.7. The Morgan fingerprint density at radius 3 is 2.37 bits per heavy atom. The molecule has 0 aliphatic carbocycles. The van der Waals surface area contributed by atoms with Crippen molar-refractivity contribution in [2.75, 3.05) is 0 Å². The molecule has 0 fully saturated rings. The first-order chi connectivity index (χ1) is 8.82. The number of aryl methyl sites for hydroxylation is 3. The molecular formula is C13H16N2O3S. The minimum atomic E-state index is -3.51. The summed E-state index contributed by atoms with van der Waals surface area (Å²) in [7, 11) is -3.51. The van der Waals surface area contributed by atoms with E-state index in [1.807, 2.05) is 13.8 Å². The van der Waals surface area contributed by atoms with Crippen LogP contribution in [0.15, 0.2) is 27.6 Å². The zero-order chi connectivity index (χ0) is 14.2. The Morgan fingerprint density at radius 1 is 1.16 bits per heavy atom. The van der Waals surface area contributed by atoms with Gasteiger partial charge < -0.3 is 4.52 Å². The van der Waals surface area contributed by atoms with Gasteiger partial charge in [0.1, 0.15) is 5.25 Å². The Hall–Kier alpha value is -1.69. The molecule has 0 N–H and O–H groups in total. The van der Waals surface area contributed by atoms with Crippen LogP contribution < -0.4 is 0 Å². The van der Waals surface area contributed by atoms with E-state index < -0.39 is 15.1 Å². The standard InChI is InChI=1S/C13H16N2O3S/c1-8-5-6-12(7-9(8)2)19(16,17)10(3)13-14-11(4)15-18-13/h5-7,10H,1-4H3/t10-/m1/s1. The van der Waals surface area contributed by atoms with Crippen molar-refractivity contribution in [2.45, 2.75) is 37.8 Å². The molecule has 102 valence electrons. The van der Waals surface area contributed by atoms with Crippen LogP contribution in [0.5, 0.6) is 0 Å². The molecule has 0 amide bonds. The van der Waals surface area contributed by atoms with Gasteiger partial charge in [-0.05, 0) is 51.0 Å². The van der Waals surface area contributed by atoms with Crippen LogP contribution in [0.1, 0.15) is 35.0 Å². The monoisotopic (exact) mass is 280 g/mol. The number of aromatic nitrogens is 2. The fourth-order valence-electron chi connectivity index (χ4n) is 1.71. The van der Waals surface area contributed by atoms with Crippen LogP contribution in [0.3, 0.4) is 0 Å². The summed E-state index contributed by atoms with van der Waals surface area (Å²) in [5.41, 5.74) is 2.00. The Balaban J connectivity index is 2.44. The lowest BCUT2D eigenvalue weighted by Gasteiger charge is -2.10. The van der Waals surface area contributed by atoms with Crippen molar-refractivity contribution in [3.05, 3.63) is 41.0 Å². The number of hydrogen-bond acceptors (Lipinski definition) is 5. The molecule has 2 rings (SSSR count). The highest BCUT2D eigenvalue weighted by Crippen LogP contribution is 2.28. The molecule has 6 heteroatoms. The first-order valence-corrected chi connectivity index (χ1v) is 7.48. The molecule has 0 radical (unpaired) electrons. The zero-order valence-electron chi connectivity index (χ0n) is 11.3. The minimum absolute atomic E-state index is 0.121. The quantitative estimate of drug-likeness (QED) is 0.863. The first-order valence-electron chi connectivity index (χ1n) is 5.93. The molecule has 2 aromatic rings. The lowest BCUT2D eigenvalue weighted by atomic mass is 10.1. The van der Waals surface area contributed by atoms with E-state index in [0.717, 1.165) is 11.1 Å². The van der Waals surface area contributed by atoms with Gasteiger partial charge in [0.15, 0.2) is 15.7 Å². The minimum Gasteiger partial charge on any atom is -0.338 e. The van der Waals surface area contributed by atoms with Crippen molar-refractivity contribution in [2.24, 2.45) is 0 Å². The summed E-state index contributed by atoms with van der Waals surface area (Å²) < 4.78 is 29.9. The third kappa shape index (κ3) is 2.53. The summed E-state index contributed by atoms with van der Waals surface area (Å²) in [6.07, 6.45) is 0. The Kier molecular flexibility index (Phi) is 3.45. The van der Waals surface area contributed by atoms with Crippen LogP contribution in [0.2, 0.25) is 0 Å². The Morgan fingerprint density at radius 2 is 1.84 bits per heavy atom. The van der Waals surface area contributed by atoms with Gasteiger partial charge in [0.05, 0.1) is 4.90 Å². The lowest BCUT2D eigenvalue weighted by Crippen LogP contribution is -2.11. The van der Waals surface area contributed by atoms with Gasteiger partial charge in [-0.1, -0.05) is 11.2 Å². The smallest absolute Gasteiger partial charge is 0.245 e. The van der Waals surface area contributed by atoms with E-state index in [1.165, 1.54) is 0 Å². The van der Waals surface area contributed by atoms with Crippen molar-refractivity contribution < 1.29 is 12.9 Å². The summed E-state index contributed by atoms with van der Waals surface area (Å²) in [4.78, 5) is 4.26. The predicted molar refractivity (Wildman–Crippen MR) is 70.6 cm³/mol. The molecule has 1 atom stereocenters. The molecule has 1 aromatic carbocycles. The van der Waals surface area contributed by atoms with Crippen LogP contribution in [-0.2, 0) is 9.84 Å². The van der Waals surface area contributed by atoms with Gasteiger partial charge >= 0.3 is 0 Å². The van der Waals surface area contributed by atoms with E-state index in [-0.39, 0.29) is 10.8 Å². The van der Waals surface area contributed by atoms with Crippen LogP contribution in [0.25, 0.3) is 0 Å². The summed E-state index contributed by atoms with van der Waals surface area (Å²) in [5, 5.41) is 2.77. The SMILES string of the molecule is Cc1noc([C@@H](C)S(=O)(=O)c2ccc(C)c(C)c2)n1. The maximum atomic E-state index is 12.5. The Labute approximate surface area is 112 Å². The van der Waals surface area contributed by atoms with Gasteiger partial charge in [-0.3, -0.25) is 0 Å². The van der Waals surface area contributed by atoms with Crippen LogP contribution in [0, 0.1) is 20.8 Å². The van der Waals surface area contributed by atoms with E-state index in [4.69, 9.17) is 4.52 Å². The second-order valence-corrected chi connectivity index (χ2v) is 6.88. The second-order valence-electron chi connectivity index (χ2n) is 4.61. The fourth-order valence-corrected chi connectivity index (χ4v) is 3.07. The molecule has 5 nitrogen and oxygen atoms in total. The average molecular weight is 280 g/mol. The molecule has 1 heterocycles. The predicted octanol–water partition coefficient (Wildman–Crippen LogP) is 2.53. The molecule has 1 aromatic heterocycles. The molecule has 0 spiro atoms. The van der Waals surface area contributed by atoms with Gasteiger partial charge in [-0.2, -0.15) is 4.98 Å². The van der Waals surface area contributed by atoms with Crippen molar-refractivity contribution in [1.29, 1.82) is 0 Å². The van der Waals surface area contributed by atoms with Crippen LogP contribution >= 0.6 is 0 Å². The van der Waals surface area contributed by atoms with E-state index in [0.29, 0.717) is 5.82 Å². The number of hydrogen-bond donors (Lipinski definition) is 0. The largest absolute Gasteiger partial charge is 0.338 e. The zero-order valence-corrected chi connectivity index (χ0v) is 12.2. The molecule has 0 saturated carbocycles. The molecule has 0 unspecified atom stereocenters. The van der Waals surface area contributed by atoms with E-state index in [2.05, 4.69) is 10.1 Å². The number of rotatable bonds is 3. The molecule has 0 bridgehead atoms. The topological polar surface area (TPSA) is 73.1 Å². The van der Waals surface area contributed by atoms with E-state index >= 15 is 0 Å². The van der Waals surface area contributed by atoms with Gasteiger partial charge in [-0.25, -0.2) is 8.42 Å². The third-order valence-corrected chi connectivity index (χ3v) is 5.21. The van der Waals surface area contributed by atoms with Gasteiger partial charge in [-0.15, -0.1) is 0 Å². The van der Waals surface area contributed by atoms with Crippen LogP contribution in [-0.4, -0.2) is 18.6 Å². The average Bonchev–Trinajstić information content (AvgIpc) is 2.78. The normalized spacial score (nSPS) is 13.5. The maximum Gasteiger partial charge on any atom is 0.245 e. The maximum absolute atomic E-state index is 12.5. The Bertz CT molecular complexity index is 704. The summed E-state index contributed by atoms with van der Waals surface area (Å²) in [6, 6.07) is 5.08. The summed E-state index contributed by atoms with van der Waals surface area (Å²) in [5.74, 6) is 0.549. The fraction of sp³-hybridized carbons (Fsp3) is 0.385. The van der Waals surface area contributed by atoms with Gasteiger partial charge in [0.2, 0.25) is 5.89 Å². The lowest BCUT2D eigenvalue weighted by molar-refractivity contribution is 0.373. The van der Waals surface area contributed by atoms with E-state index in [1.54, 1.807) is 32.0 Å². The van der Waals surface area contributed by atoms with E-state index in [9.17, 15) is 8.42 Å². The van der Waals surface area contributed by atoms with Crippen molar-refractivity contribution in [1.82, 2.24) is 10.1 Å². The molecule has 0 aliphatic rings.